The summed E-state index contributed by atoms with van der Waals surface area (Å²) in [6, 6.07) is 3.09. The van der Waals surface area contributed by atoms with Crippen LogP contribution in [-0.2, 0) is 82.8 Å². The molecule has 0 N–H and O–H groups in total. The highest BCUT2D eigenvalue weighted by atomic mass is 28.6. The summed E-state index contributed by atoms with van der Waals surface area (Å²) < 4.78 is 101. The van der Waals surface area contributed by atoms with Gasteiger partial charge in [-0.05, 0) is 72.8 Å². The Morgan fingerprint density at radius 2 is 0.720 bits per heavy atom. The predicted octanol–water partition coefficient (Wildman–Crippen LogP) is 11.9. The van der Waals surface area contributed by atoms with Gasteiger partial charge in [-0.1, -0.05) is 123 Å². The highest BCUT2D eigenvalue weighted by Gasteiger charge is 2.82. The number of cyclic esters (lactones) is 2. The van der Waals surface area contributed by atoms with Crippen molar-refractivity contribution in [2.24, 2.45) is 22.7 Å². The molecule has 75 heavy (non-hydrogen) atoms. The molecule has 438 valence electrons. The van der Waals surface area contributed by atoms with Crippen molar-refractivity contribution in [2.75, 3.05) is 6.61 Å². The van der Waals surface area contributed by atoms with Crippen LogP contribution in [0.2, 0.25) is 73.0 Å². The van der Waals surface area contributed by atoms with Gasteiger partial charge in [0.2, 0.25) is 0 Å². The lowest BCUT2D eigenvalue weighted by atomic mass is 9.90. The van der Waals surface area contributed by atoms with Gasteiger partial charge in [0.25, 0.3) is 0 Å². The molecule has 8 bridgehead atoms. The number of ether oxygens (including phenoxy) is 3. The molecular formula is C47H100O19Si9. The third kappa shape index (κ3) is 16.4. The van der Waals surface area contributed by atoms with Crippen LogP contribution in [0, 0.1) is 22.7 Å². The highest BCUT2D eigenvalue weighted by molar-refractivity contribution is 7.03. The maximum atomic E-state index is 12.8. The van der Waals surface area contributed by atoms with Crippen molar-refractivity contribution in [1.29, 1.82) is 0 Å². The van der Waals surface area contributed by atoms with Crippen LogP contribution in [0.3, 0.4) is 0 Å². The normalized spacial score (nSPS) is 35.4. The van der Waals surface area contributed by atoms with Crippen LogP contribution in [0.1, 0.15) is 171 Å². The smallest absolute Gasteiger partial charge is 0.465 e. The molecule has 19 nitrogen and oxygen atoms in total. The number of hydrogen-bond acceptors (Lipinski definition) is 19. The van der Waals surface area contributed by atoms with Crippen LogP contribution in [0.5, 0.6) is 0 Å². The van der Waals surface area contributed by atoms with Gasteiger partial charge in [0.15, 0.2) is 0 Å². The van der Waals surface area contributed by atoms with Gasteiger partial charge >= 0.3 is 94.3 Å². The molecule has 7 aliphatic heterocycles. The predicted molar refractivity (Wildman–Crippen MR) is 304 cm³/mol. The summed E-state index contributed by atoms with van der Waals surface area (Å²) >= 11 is 0. The molecule has 2 unspecified atom stereocenters. The van der Waals surface area contributed by atoms with Crippen molar-refractivity contribution in [2.45, 2.75) is 250 Å². The number of carbonyl (C=O) groups excluding carboxylic acids is 4. The molecule has 7 saturated heterocycles. The second-order valence-electron chi connectivity index (χ2n) is 24.2. The fourth-order valence-electron chi connectivity index (χ4n) is 7.59. The van der Waals surface area contributed by atoms with Crippen molar-refractivity contribution in [1.82, 2.24) is 0 Å². The summed E-state index contributed by atoms with van der Waals surface area (Å²) in [4.78, 5) is 45.4. The van der Waals surface area contributed by atoms with E-state index >= 15 is 0 Å². The third-order valence-electron chi connectivity index (χ3n) is 15.5. The summed E-state index contributed by atoms with van der Waals surface area (Å²) in [6.07, 6.45) is 3.21. The van der Waals surface area contributed by atoms with Crippen LogP contribution in [-0.4, -0.2) is 115 Å². The average molecular weight is 1220 g/mol. The highest BCUT2D eigenvalue weighted by Crippen LogP contribution is 2.53. The monoisotopic (exact) mass is 1220 g/mol. The lowest BCUT2D eigenvalue weighted by molar-refractivity contribution is -0.166. The van der Waals surface area contributed by atoms with E-state index in [1.165, 1.54) is 6.42 Å². The molecular weight excluding hydrogens is 1120 g/mol. The van der Waals surface area contributed by atoms with Gasteiger partial charge in [-0.15, -0.1) is 0 Å². The zero-order chi connectivity index (χ0) is 57.8. The topological polar surface area (TPSA) is 207 Å². The minimum absolute atomic E-state index is 0.113. The van der Waals surface area contributed by atoms with Gasteiger partial charge in [0.1, 0.15) is 5.60 Å². The summed E-state index contributed by atoms with van der Waals surface area (Å²) in [6.45, 7) is 48.9. The summed E-state index contributed by atoms with van der Waals surface area (Å²) in [5.41, 5.74) is -1.31. The molecule has 0 aromatic rings. The van der Waals surface area contributed by atoms with Crippen LogP contribution >= 0.6 is 0 Å². The maximum absolute atomic E-state index is 12.8. The van der Waals surface area contributed by atoms with Gasteiger partial charge < -0.3 is 63.6 Å². The molecule has 0 aromatic heterocycles. The lowest BCUT2D eigenvalue weighted by Crippen LogP contribution is -2.88. The molecule has 0 amide bonds. The van der Waals surface area contributed by atoms with Crippen molar-refractivity contribution in [3.8, 4) is 0 Å². The molecule has 0 spiro atoms. The van der Waals surface area contributed by atoms with Gasteiger partial charge in [-0.3, -0.25) is 19.2 Å². The third-order valence-corrected chi connectivity index (χ3v) is 56.8. The Labute approximate surface area is 461 Å². The molecule has 7 heterocycles. The van der Waals surface area contributed by atoms with E-state index in [1.807, 2.05) is 111 Å². The van der Waals surface area contributed by atoms with E-state index in [1.54, 1.807) is 13.8 Å². The minimum atomic E-state index is -3.87. The van der Waals surface area contributed by atoms with Crippen molar-refractivity contribution in [3.63, 3.8) is 0 Å². The number of esters is 4. The number of carbonyl (C=O) groups is 4. The average Bonchev–Trinajstić information content (AvgIpc) is 3.53. The first-order chi connectivity index (χ1) is 34.2. The first kappa shape index (κ1) is 68.8. The Morgan fingerprint density at radius 3 is 0.907 bits per heavy atom. The first-order valence-electron chi connectivity index (χ1n) is 27.8. The zero-order valence-electron chi connectivity index (χ0n) is 50.6. The minimum Gasteiger partial charge on any atom is -0.465 e. The second kappa shape index (κ2) is 25.4. The standard InChI is InChI=1S/C23H52O14Si8.C10H20O2.C8H20Si.C6H8O3/c1-11-23(9,10)22(24)25-20-19-21-45-35-42(16-6)29-39(13-3)26-38(12-2)27-40(14-4,31-42)33-44(18-8,37-45)34-41(15-5,28-38)32-43(17-7,30-39)36-45;1-7-10(5,6)8(11)12-9(2,3)4;1-7-8(2,3)9(4,5)6;1-3-4(2)6(8)9-5(3)7/h11-21H2,1-10H3;7H2,1-6H3;7H2,1-6H3;3-4H,1-2H3. The molecule has 7 fully saturated rings. The van der Waals surface area contributed by atoms with Crippen molar-refractivity contribution < 1.29 is 82.8 Å². The van der Waals surface area contributed by atoms with Crippen LogP contribution in [0.15, 0.2) is 0 Å². The maximum Gasteiger partial charge on any atom is 0.479 e. The van der Waals surface area contributed by atoms with Gasteiger partial charge in [-0.2, -0.15) is 0 Å². The molecule has 7 rings (SSSR count). The summed E-state index contributed by atoms with van der Waals surface area (Å²) in [7, 11) is -30.5. The fraction of sp³-hybridized carbons (Fsp3) is 0.915. The first-order valence-corrected chi connectivity index (χ1v) is 46.8. The van der Waals surface area contributed by atoms with E-state index in [0.717, 1.165) is 6.42 Å². The lowest BCUT2D eigenvalue weighted by Gasteiger charge is -2.63. The van der Waals surface area contributed by atoms with E-state index in [4.69, 9.17) is 58.9 Å². The molecule has 0 aliphatic carbocycles. The Bertz CT molecular complexity index is 1830. The second-order valence-corrected chi connectivity index (χ2v) is 56.2. The van der Waals surface area contributed by atoms with E-state index in [-0.39, 0.29) is 47.4 Å². The Kier molecular flexibility index (Phi) is 23.3. The largest absolute Gasteiger partial charge is 0.479 e. The van der Waals surface area contributed by atoms with Crippen LogP contribution in [0.25, 0.3) is 0 Å². The van der Waals surface area contributed by atoms with E-state index in [2.05, 4.69) is 45.1 Å². The van der Waals surface area contributed by atoms with Crippen molar-refractivity contribution >= 4 is 102 Å². The molecule has 7 aliphatic rings. The van der Waals surface area contributed by atoms with Gasteiger partial charge in [0, 0.05) is 56.4 Å². The summed E-state index contributed by atoms with van der Waals surface area (Å²) in [5, 5.41) is 0.618. The van der Waals surface area contributed by atoms with E-state index in [9.17, 15) is 19.2 Å². The molecule has 28 heteroatoms. The SMILES string of the molecule is CC1C(=O)OC(=O)C1C.CCC(C)(C)C(=O)OC(C)(C)C.CCC(C)(C)C(=O)OCCC[Si]12O[Si]3(CC)O[Si]4(CC)O[Si]5(CC)O[Si](CC)(O3)O[Si](CC)(O[Si](CC)(O5)O[Si](CC)(O4)O1)O2.CCC(C)(C)[Si](C)(C)C. The van der Waals surface area contributed by atoms with Gasteiger partial charge in [0.05, 0.1) is 29.3 Å². The van der Waals surface area contributed by atoms with Crippen molar-refractivity contribution in [3.05, 3.63) is 0 Å². The summed E-state index contributed by atoms with van der Waals surface area (Å²) in [5.74, 6) is -1.66. The van der Waals surface area contributed by atoms with Gasteiger partial charge in [-0.25, -0.2) is 0 Å². The fourth-order valence-corrected chi connectivity index (χ4v) is 58.3. The molecule has 0 radical (unpaired) electrons. The van der Waals surface area contributed by atoms with Crippen LogP contribution in [0.4, 0.5) is 0 Å². The molecule has 0 saturated carbocycles. The Hall–Kier alpha value is -0.448. The zero-order valence-corrected chi connectivity index (χ0v) is 59.6. The molecule has 2 atom stereocenters. The Balaban J connectivity index is 0.000000398. The van der Waals surface area contributed by atoms with E-state index < -0.39 is 95.9 Å². The Morgan fingerprint density at radius 1 is 0.453 bits per heavy atom. The quantitative estimate of drug-likeness (QED) is 0.0436. The van der Waals surface area contributed by atoms with E-state index in [0.29, 0.717) is 60.2 Å². The molecule has 0 aromatic carbocycles. The number of hydrogen-bond donors (Lipinski definition) is 0. The van der Waals surface area contributed by atoms with Crippen LogP contribution < -0.4 is 0 Å². The number of rotatable bonds is 17.